The number of ether oxygens (including phenoxy) is 3. The first-order valence-corrected chi connectivity index (χ1v) is 18.5. The summed E-state index contributed by atoms with van der Waals surface area (Å²) in [5.41, 5.74) is 15.6. The highest BCUT2D eigenvalue weighted by Gasteiger charge is 2.78. The second-order valence-electron chi connectivity index (χ2n) is 14.5. The van der Waals surface area contributed by atoms with Crippen LogP contribution in [0.25, 0.3) is 0 Å². The Morgan fingerprint density at radius 2 is 1.53 bits per heavy atom. The normalized spacial score (nSPS) is 22.7. The number of piperazine rings is 1. The molecule has 1 aromatic rings. The van der Waals surface area contributed by atoms with E-state index >= 15 is 0 Å². The molecule has 0 saturated carbocycles. The molecule has 23 nitrogen and oxygen atoms in total. The van der Waals surface area contributed by atoms with Crippen molar-refractivity contribution in [3.63, 3.8) is 0 Å². The van der Waals surface area contributed by atoms with Crippen molar-refractivity contribution in [1.82, 2.24) is 25.8 Å². The van der Waals surface area contributed by atoms with Gasteiger partial charge in [0.25, 0.3) is 0 Å². The highest BCUT2D eigenvalue weighted by Crippen LogP contribution is 2.59. The van der Waals surface area contributed by atoms with Crippen LogP contribution in [0, 0.1) is 5.92 Å². The first kappa shape index (κ1) is 44.1. The highest BCUT2D eigenvalue weighted by atomic mass is 16.6. The smallest absolute Gasteiger partial charge is 0.410 e. The Labute approximate surface area is 341 Å². The van der Waals surface area contributed by atoms with Crippen molar-refractivity contribution in [3.8, 4) is 0 Å². The number of amides is 7. The zero-order chi connectivity index (χ0) is 44.4. The van der Waals surface area contributed by atoms with Gasteiger partial charge in [-0.3, -0.25) is 43.3 Å². The van der Waals surface area contributed by atoms with Crippen LogP contribution >= 0.6 is 0 Å². The molecule has 11 N–H and O–H groups in total. The van der Waals surface area contributed by atoms with Crippen LogP contribution in [0.1, 0.15) is 45.6 Å². The lowest BCUT2D eigenvalue weighted by molar-refractivity contribution is -0.144. The number of carbonyl (C=O) groups is 10. The van der Waals surface area contributed by atoms with E-state index in [0.29, 0.717) is 5.56 Å². The summed E-state index contributed by atoms with van der Waals surface area (Å²) >= 11 is 0. The number of carboxylic acids is 1. The Bertz CT molecular complexity index is 2100. The minimum absolute atomic E-state index is 0.00485. The van der Waals surface area contributed by atoms with E-state index in [-0.39, 0.29) is 47.8 Å². The molecule has 23 heteroatoms. The van der Waals surface area contributed by atoms with E-state index in [1.165, 1.54) is 57.0 Å². The minimum Gasteiger partial charge on any atom is -0.481 e. The van der Waals surface area contributed by atoms with Crippen LogP contribution in [-0.4, -0.2) is 130 Å². The average Bonchev–Trinajstić information content (AvgIpc) is 3.70. The summed E-state index contributed by atoms with van der Waals surface area (Å²) in [6.45, 7) is 3.49. The lowest BCUT2D eigenvalue weighted by Gasteiger charge is -2.40. The fraction of sp³-hybridized carbons (Fsp3) is 0.459. The number of ketones is 2. The number of nitrogens with two attached hydrogens (primary N) is 3. The third-order valence-electron chi connectivity index (χ3n) is 10.6. The third kappa shape index (κ3) is 8.69. The van der Waals surface area contributed by atoms with Crippen LogP contribution in [0.5, 0.6) is 0 Å². The van der Waals surface area contributed by atoms with Crippen molar-refractivity contribution < 1.29 is 67.3 Å². The number of Topliss-reactive ketones (excluding diaryl/α,β-unsaturated/α-hetero) is 2. The predicted molar refractivity (Wildman–Crippen MR) is 202 cm³/mol. The molecule has 5 rings (SSSR count). The number of hydrogen-bond acceptors (Lipinski definition) is 15. The zero-order valence-corrected chi connectivity index (χ0v) is 32.9. The van der Waals surface area contributed by atoms with Gasteiger partial charge in [0.1, 0.15) is 37.4 Å². The van der Waals surface area contributed by atoms with E-state index in [1.54, 1.807) is 4.90 Å². The van der Waals surface area contributed by atoms with Crippen molar-refractivity contribution in [2.45, 2.75) is 82.6 Å². The maximum Gasteiger partial charge on any atom is 0.410 e. The summed E-state index contributed by atoms with van der Waals surface area (Å²) < 4.78 is 16.7. The molecule has 60 heavy (non-hydrogen) atoms. The summed E-state index contributed by atoms with van der Waals surface area (Å²) in [5, 5.41) is 18.3. The van der Waals surface area contributed by atoms with E-state index in [2.05, 4.69) is 21.3 Å². The molecule has 2 fully saturated rings. The Morgan fingerprint density at radius 3 is 2.13 bits per heavy atom. The zero-order valence-electron chi connectivity index (χ0n) is 32.9. The molecular weight excluding hydrogens is 794 g/mol. The molecule has 3 heterocycles. The van der Waals surface area contributed by atoms with Crippen LogP contribution in [0.4, 0.5) is 15.3 Å². The van der Waals surface area contributed by atoms with Gasteiger partial charge >= 0.3 is 18.2 Å². The predicted octanol–water partition coefficient (Wildman–Crippen LogP) is -2.43. The number of rotatable bonds is 17. The number of hydrogen-bond donors (Lipinski definition) is 8. The SMILES string of the molecule is CO[C@@]12[C@H](COC(N)=O)C3=C(C(=O)C(C)=C(N)C3=O)N1C[C@H]1[C@@H]2N1C(=O)OCc1ccc(NC(=O)[C@H](CC(N)=O)NC(=O)[C@H](C)NC(=O)[C@H](C)NC(=O)CCC(=O)O)cc1. The number of nitrogens with one attached hydrogen (secondary N) is 4. The van der Waals surface area contributed by atoms with E-state index in [0.717, 1.165) is 0 Å². The number of nitrogens with zero attached hydrogens (tertiary/aromatic N) is 2. The fourth-order valence-corrected chi connectivity index (χ4v) is 7.57. The van der Waals surface area contributed by atoms with Gasteiger partial charge < -0.3 is 62.7 Å². The highest BCUT2D eigenvalue weighted by molar-refractivity contribution is 6.25. The van der Waals surface area contributed by atoms with Crippen molar-refractivity contribution in [2.75, 3.05) is 25.6 Å². The van der Waals surface area contributed by atoms with Gasteiger partial charge in [-0.15, -0.1) is 0 Å². The Morgan fingerprint density at radius 1 is 0.900 bits per heavy atom. The summed E-state index contributed by atoms with van der Waals surface area (Å²) in [6, 6.07) is 0.975. The average molecular weight is 840 g/mol. The third-order valence-corrected chi connectivity index (χ3v) is 10.6. The largest absolute Gasteiger partial charge is 0.481 e. The first-order chi connectivity index (χ1) is 28.2. The Kier molecular flexibility index (Phi) is 12.8. The molecule has 3 aliphatic heterocycles. The maximum atomic E-state index is 13.4. The number of carbonyl (C=O) groups excluding carboxylic acids is 9. The first-order valence-electron chi connectivity index (χ1n) is 18.5. The van der Waals surface area contributed by atoms with Gasteiger partial charge in [0, 0.05) is 36.9 Å². The number of allylic oxidation sites excluding steroid dienone is 2. The molecule has 1 aliphatic carbocycles. The van der Waals surface area contributed by atoms with Crippen LogP contribution in [0.3, 0.4) is 0 Å². The number of anilines is 1. The van der Waals surface area contributed by atoms with E-state index in [4.69, 9.17) is 36.5 Å². The Hall–Kier alpha value is -7.04. The fourth-order valence-electron chi connectivity index (χ4n) is 7.57. The number of fused-ring (bicyclic) bond motifs is 4. The van der Waals surface area contributed by atoms with Gasteiger partial charge in [-0.2, -0.15) is 0 Å². The summed E-state index contributed by atoms with van der Waals surface area (Å²) in [5.74, 6) is -7.39. The van der Waals surface area contributed by atoms with Gasteiger partial charge in [-0.05, 0) is 38.5 Å². The molecule has 7 amide bonds. The van der Waals surface area contributed by atoms with Crippen molar-refractivity contribution in [1.29, 1.82) is 0 Å². The number of benzene rings is 1. The van der Waals surface area contributed by atoms with Gasteiger partial charge in [0.15, 0.2) is 5.72 Å². The van der Waals surface area contributed by atoms with Crippen molar-refractivity contribution in [3.05, 3.63) is 52.4 Å². The second kappa shape index (κ2) is 17.4. The molecule has 7 atom stereocenters. The van der Waals surface area contributed by atoms with Gasteiger partial charge in [-0.1, -0.05) is 12.1 Å². The molecule has 2 saturated heterocycles. The standard InChI is InChI=1S/C37H45N9O14/c1-15-27(39)30(52)26-20(14-59-35(40)56)37(58-4)31-22(12-45(37)28(26)29(15)51)46(31)36(57)60-13-18-5-7-19(8-6-18)43-34(55)21(11-23(38)47)44-33(54)17(3)42-32(53)16(2)41-24(48)9-10-25(49)50/h5-8,16-17,20-22,31H,9-14,39H2,1-4H3,(H2,38,47)(H2,40,56)(H,41,48)(H,42,53)(H,43,55)(H,44,54)(H,49,50)/t16-,17-,20+,21-,22-,31-,37+,46?/m0/s1. The molecule has 4 aliphatic rings. The molecule has 0 unspecified atom stereocenters. The lowest BCUT2D eigenvalue weighted by atomic mass is 9.82. The monoisotopic (exact) mass is 839 g/mol. The quantitative estimate of drug-likeness (QED) is 0.0597. The van der Waals surface area contributed by atoms with Crippen LogP contribution in [-0.2, 0) is 59.2 Å². The Balaban J connectivity index is 1.16. The van der Waals surface area contributed by atoms with Crippen molar-refractivity contribution >= 4 is 64.9 Å². The number of carboxylic acid groups (broad SMARTS) is 1. The summed E-state index contributed by atoms with van der Waals surface area (Å²) in [7, 11) is 1.35. The molecule has 0 bridgehead atoms. The number of methoxy groups -OCH3 is 1. The number of primary amides is 2. The molecular formula is C37H45N9O14. The lowest BCUT2D eigenvalue weighted by Crippen LogP contribution is -2.56. The number of aliphatic carboxylic acids is 1. The van der Waals surface area contributed by atoms with Crippen LogP contribution < -0.4 is 38.5 Å². The van der Waals surface area contributed by atoms with E-state index in [1.807, 2.05) is 0 Å². The van der Waals surface area contributed by atoms with Crippen LogP contribution in [0.2, 0.25) is 0 Å². The topological polar surface area (TPSA) is 351 Å². The molecule has 0 radical (unpaired) electrons. The van der Waals surface area contributed by atoms with Gasteiger partial charge in [0.05, 0.1) is 36.2 Å². The van der Waals surface area contributed by atoms with Gasteiger partial charge in [0.2, 0.25) is 41.1 Å². The molecule has 0 aromatic heterocycles. The van der Waals surface area contributed by atoms with Gasteiger partial charge in [-0.25, -0.2) is 9.59 Å². The van der Waals surface area contributed by atoms with Crippen molar-refractivity contribution in [2.24, 2.45) is 23.1 Å². The molecule has 322 valence electrons. The van der Waals surface area contributed by atoms with E-state index in [9.17, 15) is 47.9 Å². The molecule has 1 aromatic carbocycles. The summed E-state index contributed by atoms with van der Waals surface area (Å²) in [6.07, 6.45) is -3.26. The summed E-state index contributed by atoms with van der Waals surface area (Å²) in [4.78, 5) is 128. The van der Waals surface area contributed by atoms with Crippen LogP contribution in [0.15, 0.2) is 46.8 Å². The minimum atomic E-state index is -1.49. The van der Waals surface area contributed by atoms with E-state index < -0.39 is 121 Å². The molecule has 0 spiro atoms. The maximum absolute atomic E-state index is 13.4. The second-order valence-corrected chi connectivity index (χ2v) is 14.5.